The molecule has 1 rings (SSSR count). The smallest absolute Gasteiger partial charge is 0.230 e. The van der Waals surface area contributed by atoms with Crippen LogP contribution in [0.25, 0.3) is 0 Å². The number of aliphatic imine (C=N–C) groups is 1. The first kappa shape index (κ1) is 19.2. The molecule has 1 aromatic carbocycles. The molecule has 1 N–H and O–H groups in total. The Morgan fingerprint density at radius 3 is 2.00 bits per heavy atom. The lowest BCUT2D eigenvalue weighted by molar-refractivity contribution is -0.115. The molecule has 0 aliphatic carbocycles. The number of anilines is 1. The first-order valence-electron chi connectivity index (χ1n) is 7.47. The number of hydrogen-bond donors (Lipinski definition) is 1. The molecule has 1 amide bonds. The van der Waals surface area contributed by atoms with Crippen molar-refractivity contribution >= 4 is 27.4 Å². The van der Waals surface area contributed by atoms with E-state index in [9.17, 15) is 13.2 Å². The van der Waals surface area contributed by atoms with Gasteiger partial charge in [0.15, 0.2) is 9.84 Å². The van der Waals surface area contributed by atoms with E-state index in [1.807, 2.05) is 27.7 Å². The minimum atomic E-state index is -3.27. The van der Waals surface area contributed by atoms with Gasteiger partial charge in [0.1, 0.15) is 0 Å². The maximum atomic E-state index is 12.1. The Bertz CT molecular complexity index is 677. The highest BCUT2D eigenvalue weighted by Gasteiger charge is 2.20. The van der Waals surface area contributed by atoms with Crippen molar-refractivity contribution in [3.63, 3.8) is 0 Å². The minimum absolute atomic E-state index is 0.00777. The van der Waals surface area contributed by atoms with E-state index >= 15 is 0 Å². The molecular formula is C16H25N3O3S. The summed E-state index contributed by atoms with van der Waals surface area (Å²) in [6.07, 6.45) is 1.15. The number of amides is 1. The lowest BCUT2D eigenvalue weighted by Gasteiger charge is -2.26. The first-order chi connectivity index (χ1) is 10.5. The van der Waals surface area contributed by atoms with Gasteiger partial charge in [-0.25, -0.2) is 13.4 Å². The number of nitrogens with one attached hydrogen (secondary N) is 1. The predicted molar refractivity (Wildman–Crippen MR) is 93.6 cm³/mol. The van der Waals surface area contributed by atoms with Crippen LogP contribution in [0.2, 0.25) is 0 Å². The SMILES string of the molecule is CC(=O)N(/C(=N\C(C)C)NC(C)C)c1ccc(S(C)(=O)=O)cc1. The molecule has 0 fully saturated rings. The van der Waals surface area contributed by atoms with E-state index in [1.165, 1.54) is 24.0 Å². The molecule has 0 aromatic heterocycles. The van der Waals surface area contributed by atoms with Crippen LogP contribution in [0.15, 0.2) is 34.2 Å². The molecule has 1 aromatic rings. The number of guanidine groups is 1. The highest BCUT2D eigenvalue weighted by molar-refractivity contribution is 7.90. The summed E-state index contributed by atoms with van der Waals surface area (Å²) in [5, 5.41) is 3.17. The maximum Gasteiger partial charge on any atom is 0.230 e. The first-order valence-corrected chi connectivity index (χ1v) is 9.36. The van der Waals surface area contributed by atoms with Gasteiger partial charge in [0.2, 0.25) is 11.9 Å². The van der Waals surface area contributed by atoms with E-state index in [-0.39, 0.29) is 22.9 Å². The van der Waals surface area contributed by atoms with Gasteiger partial charge in [-0.2, -0.15) is 0 Å². The molecule has 0 aliphatic heterocycles. The van der Waals surface area contributed by atoms with Crippen LogP contribution in [0, 0.1) is 0 Å². The van der Waals surface area contributed by atoms with E-state index in [2.05, 4.69) is 10.3 Å². The summed E-state index contributed by atoms with van der Waals surface area (Å²) in [6, 6.07) is 6.30. The van der Waals surface area contributed by atoms with Gasteiger partial charge >= 0.3 is 0 Å². The maximum absolute atomic E-state index is 12.1. The fraction of sp³-hybridized carbons (Fsp3) is 0.500. The Balaban J connectivity index is 3.31. The van der Waals surface area contributed by atoms with Crippen LogP contribution in [0.3, 0.4) is 0 Å². The molecule has 0 aliphatic rings. The van der Waals surface area contributed by atoms with Crippen molar-refractivity contribution in [2.24, 2.45) is 4.99 Å². The second kappa shape index (κ2) is 7.59. The quantitative estimate of drug-likeness (QED) is 0.674. The Labute approximate surface area is 138 Å². The monoisotopic (exact) mass is 339 g/mol. The molecule has 0 radical (unpaired) electrons. The largest absolute Gasteiger partial charge is 0.353 e. The van der Waals surface area contributed by atoms with Crippen molar-refractivity contribution in [2.45, 2.75) is 51.6 Å². The number of rotatable bonds is 4. The van der Waals surface area contributed by atoms with E-state index < -0.39 is 9.84 Å². The summed E-state index contributed by atoms with van der Waals surface area (Å²) >= 11 is 0. The van der Waals surface area contributed by atoms with Crippen LogP contribution in [-0.4, -0.2) is 38.6 Å². The van der Waals surface area contributed by atoms with Gasteiger partial charge in [0, 0.05) is 25.3 Å². The van der Waals surface area contributed by atoms with E-state index in [4.69, 9.17) is 0 Å². The van der Waals surface area contributed by atoms with E-state index in [1.54, 1.807) is 12.1 Å². The zero-order valence-corrected chi connectivity index (χ0v) is 15.3. The number of carbonyl (C=O) groups is 1. The molecule has 0 heterocycles. The lowest BCUT2D eigenvalue weighted by atomic mass is 10.3. The fourth-order valence-electron chi connectivity index (χ4n) is 1.96. The standard InChI is InChI=1S/C16H25N3O3S/c1-11(2)17-16(18-12(3)4)19(13(5)20)14-7-9-15(10-8-14)23(6,21)22/h7-12H,1-6H3,(H,17,18). The molecule has 0 atom stereocenters. The second-order valence-electron chi connectivity index (χ2n) is 5.97. The summed E-state index contributed by atoms with van der Waals surface area (Å²) in [4.78, 5) is 18.3. The number of hydrogen-bond acceptors (Lipinski definition) is 4. The number of carbonyl (C=O) groups excluding carboxylic acids is 1. The fourth-order valence-corrected chi connectivity index (χ4v) is 2.59. The third-order valence-corrected chi connectivity index (χ3v) is 3.98. The zero-order valence-electron chi connectivity index (χ0n) is 14.5. The van der Waals surface area contributed by atoms with Crippen LogP contribution in [-0.2, 0) is 14.6 Å². The minimum Gasteiger partial charge on any atom is -0.353 e. The van der Waals surface area contributed by atoms with Crippen molar-refractivity contribution in [2.75, 3.05) is 11.2 Å². The van der Waals surface area contributed by atoms with Crippen molar-refractivity contribution in [3.8, 4) is 0 Å². The summed E-state index contributed by atoms with van der Waals surface area (Å²) in [5.41, 5.74) is 0.567. The van der Waals surface area contributed by atoms with Gasteiger partial charge < -0.3 is 5.32 Å². The number of sulfone groups is 1. The van der Waals surface area contributed by atoms with Crippen LogP contribution >= 0.6 is 0 Å². The molecule has 128 valence electrons. The molecule has 0 saturated heterocycles. The molecule has 0 spiro atoms. The van der Waals surface area contributed by atoms with Crippen LogP contribution in [0.1, 0.15) is 34.6 Å². The third kappa shape index (κ3) is 5.67. The topological polar surface area (TPSA) is 78.8 Å². The van der Waals surface area contributed by atoms with Crippen molar-refractivity contribution in [1.29, 1.82) is 0 Å². The highest BCUT2D eigenvalue weighted by Crippen LogP contribution is 2.19. The molecule has 0 saturated carbocycles. The Hall–Kier alpha value is -1.89. The van der Waals surface area contributed by atoms with Crippen molar-refractivity contribution in [3.05, 3.63) is 24.3 Å². The van der Waals surface area contributed by atoms with Gasteiger partial charge in [-0.05, 0) is 52.0 Å². The van der Waals surface area contributed by atoms with E-state index in [0.717, 1.165) is 6.26 Å². The molecule has 6 nitrogen and oxygen atoms in total. The molecular weight excluding hydrogens is 314 g/mol. The Kier molecular flexibility index (Phi) is 6.32. The van der Waals surface area contributed by atoms with Gasteiger partial charge in [-0.1, -0.05) is 0 Å². The molecule has 23 heavy (non-hydrogen) atoms. The molecule has 0 unspecified atom stereocenters. The summed E-state index contributed by atoms with van der Waals surface area (Å²) in [6.45, 7) is 9.21. The number of benzene rings is 1. The van der Waals surface area contributed by atoms with Crippen LogP contribution in [0.5, 0.6) is 0 Å². The highest BCUT2D eigenvalue weighted by atomic mass is 32.2. The molecule has 0 bridgehead atoms. The number of nitrogens with zero attached hydrogens (tertiary/aromatic N) is 2. The second-order valence-corrected chi connectivity index (χ2v) is 7.98. The normalized spacial score (nSPS) is 12.6. The Morgan fingerprint density at radius 1 is 1.13 bits per heavy atom. The summed E-state index contributed by atoms with van der Waals surface area (Å²) in [7, 11) is -3.27. The Morgan fingerprint density at radius 2 is 1.65 bits per heavy atom. The summed E-state index contributed by atoms with van der Waals surface area (Å²) in [5.74, 6) is 0.249. The van der Waals surface area contributed by atoms with Crippen molar-refractivity contribution < 1.29 is 13.2 Å². The van der Waals surface area contributed by atoms with Gasteiger partial charge in [0.25, 0.3) is 0 Å². The third-order valence-electron chi connectivity index (χ3n) is 2.85. The van der Waals surface area contributed by atoms with E-state index in [0.29, 0.717) is 11.6 Å². The van der Waals surface area contributed by atoms with Gasteiger partial charge in [0.05, 0.1) is 10.6 Å². The van der Waals surface area contributed by atoms with Crippen molar-refractivity contribution in [1.82, 2.24) is 5.32 Å². The lowest BCUT2D eigenvalue weighted by Crippen LogP contribution is -2.47. The van der Waals surface area contributed by atoms with Crippen LogP contribution < -0.4 is 10.2 Å². The summed E-state index contributed by atoms with van der Waals surface area (Å²) < 4.78 is 23.1. The van der Waals surface area contributed by atoms with Gasteiger partial charge in [-0.15, -0.1) is 0 Å². The van der Waals surface area contributed by atoms with Crippen LogP contribution in [0.4, 0.5) is 5.69 Å². The average Bonchev–Trinajstić information content (AvgIpc) is 2.36. The van der Waals surface area contributed by atoms with Gasteiger partial charge in [-0.3, -0.25) is 9.69 Å². The average molecular weight is 339 g/mol. The molecule has 7 heteroatoms. The predicted octanol–water partition coefficient (Wildman–Crippen LogP) is 2.21. The zero-order chi connectivity index (χ0) is 17.8.